The van der Waals surface area contributed by atoms with Crippen LogP contribution in [0.1, 0.15) is 26.2 Å². The van der Waals surface area contributed by atoms with Crippen LogP contribution in [0.4, 0.5) is 11.6 Å². The van der Waals surface area contributed by atoms with Gasteiger partial charge in [-0.25, -0.2) is 0 Å². The second kappa shape index (κ2) is 8.47. The Morgan fingerprint density at radius 3 is 1.92 bits per heavy atom. The zero-order valence-corrected chi connectivity index (χ0v) is 15.5. The maximum absolute atomic E-state index is 12.1. The molecule has 0 N–H and O–H groups in total. The molecule has 7 nitrogen and oxygen atoms in total. The van der Waals surface area contributed by atoms with Crippen LogP contribution < -0.4 is 9.80 Å². The third-order valence-corrected chi connectivity index (χ3v) is 5.16. The molecular weight excluding hydrogens is 316 g/mol. The van der Waals surface area contributed by atoms with Crippen LogP contribution in [-0.2, 0) is 4.79 Å². The number of hydrogen-bond acceptors (Lipinski definition) is 6. The first-order valence-corrected chi connectivity index (χ1v) is 9.47. The van der Waals surface area contributed by atoms with Gasteiger partial charge in [0.05, 0.1) is 0 Å². The van der Waals surface area contributed by atoms with Crippen molar-refractivity contribution < 1.29 is 4.79 Å². The van der Waals surface area contributed by atoms with Crippen molar-refractivity contribution in [1.82, 2.24) is 20.0 Å². The van der Waals surface area contributed by atoms with Crippen LogP contribution in [0.25, 0.3) is 0 Å². The summed E-state index contributed by atoms with van der Waals surface area (Å²) in [5.41, 5.74) is 0. The molecule has 0 aromatic carbocycles. The van der Waals surface area contributed by atoms with Gasteiger partial charge in [0.1, 0.15) is 0 Å². The second-order valence-electron chi connectivity index (χ2n) is 7.01. The van der Waals surface area contributed by atoms with E-state index < -0.39 is 0 Å². The van der Waals surface area contributed by atoms with E-state index in [2.05, 4.69) is 51.0 Å². The Bertz CT molecular complexity index is 547. The predicted octanol–water partition coefficient (Wildman–Crippen LogP) is 1.07. The number of anilines is 2. The van der Waals surface area contributed by atoms with Gasteiger partial charge in [-0.15, -0.1) is 10.2 Å². The van der Waals surface area contributed by atoms with E-state index in [9.17, 15) is 4.79 Å². The van der Waals surface area contributed by atoms with Crippen LogP contribution in [0.15, 0.2) is 12.1 Å². The van der Waals surface area contributed by atoms with Gasteiger partial charge < -0.3 is 19.6 Å². The highest BCUT2D eigenvalue weighted by Gasteiger charge is 2.22. The molecule has 3 rings (SSSR count). The Balaban J connectivity index is 1.51. The number of carbonyl (C=O) groups is 1. The molecule has 7 heteroatoms. The van der Waals surface area contributed by atoms with Gasteiger partial charge in [-0.3, -0.25) is 4.79 Å². The van der Waals surface area contributed by atoms with Crippen molar-refractivity contribution in [3.05, 3.63) is 12.1 Å². The molecule has 138 valence electrons. The summed E-state index contributed by atoms with van der Waals surface area (Å²) < 4.78 is 0. The van der Waals surface area contributed by atoms with E-state index >= 15 is 0 Å². The largest absolute Gasteiger partial charge is 0.353 e. The van der Waals surface area contributed by atoms with Gasteiger partial charge >= 0.3 is 0 Å². The zero-order valence-electron chi connectivity index (χ0n) is 15.5. The molecule has 0 spiro atoms. The number of aromatic nitrogens is 2. The number of piperazine rings is 2. The lowest BCUT2D eigenvalue weighted by Gasteiger charge is -2.36. The lowest BCUT2D eigenvalue weighted by Crippen LogP contribution is -2.49. The lowest BCUT2D eigenvalue weighted by molar-refractivity contribution is -0.131. The Morgan fingerprint density at radius 2 is 1.44 bits per heavy atom. The second-order valence-corrected chi connectivity index (χ2v) is 7.01. The van der Waals surface area contributed by atoms with E-state index in [0.29, 0.717) is 6.42 Å². The average Bonchev–Trinajstić information content (AvgIpc) is 2.67. The molecule has 2 fully saturated rings. The third-order valence-electron chi connectivity index (χ3n) is 5.16. The molecule has 3 heterocycles. The summed E-state index contributed by atoms with van der Waals surface area (Å²) in [7, 11) is 2.15. The van der Waals surface area contributed by atoms with Crippen molar-refractivity contribution >= 4 is 17.5 Å². The number of amides is 1. The van der Waals surface area contributed by atoms with Crippen molar-refractivity contribution in [2.75, 3.05) is 69.2 Å². The van der Waals surface area contributed by atoms with Crippen molar-refractivity contribution in [3.63, 3.8) is 0 Å². The molecule has 0 atom stereocenters. The Morgan fingerprint density at radius 1 is 0.920 bits per heavy atom. The first kappa shape index (κ1) is 17.9. The molecule has 2 aliphatic rings. The van der Waals surface area contributed by atoms with Gasteiger partial charge in [-0.1, -0.05) is 13.3 Å². The van der Waals surface area contributed by atoms with Crippen molar-refractivity contribution in [1.29, 1.82) is 0 Å². The van der Waals surface area contributed by atoms with Gasteiger partial charge in [-0.2, -0.15) is 0 Å². The Hall–Kier alpha value is -1.89. The average molecular weight is 346 g/mol. The minimum Gasteiger partial charge on any atom is -0.353 e. The molecule has 2 saturated heterocycles. The molecule has 0 bridgehead atoms. The van der Waals surface area contributed by atoms with E-state index in [1.807, 2.05) is 4.90 Å². The summed E-state index contributed by atoms with van der Waals surface area (Å²) in [6.45, 7) is 9.49. The first-order chi connectivity index (χ1) is 12.2. The molecule has 0 saturated carbocycles. The van der Waals surface area contributed by atoms with E-state index in [1.54, 1.807) is 0 Å². The van der Waals surface area contributed by atoms with Crippen molar-refractivity contribution in [2.24, 2.45) is 0 Å². The number of nitrogens with zero attached hydrogens (tertiary/aromatic N) is 6. The molecule has 1 aromatic rings. The standard InChI is InChI=1S/C18H30N6O/c1-3-4-5-18(25)24-14-12-23(13-15-24)17-7-6-16(19-20-17)22-10-8-21(2)9-11-22/h6-7H,3-5,8-15H2,1-2H3. The summed E-state index contributed by atoms with van der Waals surface area (Å²) in [6.07, 6.45) is 2.73. The minimum absolute atomic E-state index is 0.290. The highest BCUT2D eigenvalue weighted by atomic mass is 16.2. The predicted molar refractivity (Wildman–Crippen MR) is 100 cm³/mol. The van der Waals surface area contributed by atoms with Crippen molar-refractivity contribution in [3.8, 4) is 0 Å². The van der Waals surface area contributed by atoms with Gasteiger partial charge in [0.2, 0.25) is 5.91 Å². The number of rotatable bonds is 5. The molecule has 1 amide bonds. The van der Waals surface area contributed by atoms with E-state index in [0.717, 1.165) is 76.8 Å². The zero-order chi connectivity index (χ0) is 17.6. The smallest absolute Gasteiger partial charge is 0.222 e. The summed E-state index contributed by atoms with van der Waals surface area (Å²) in [4.78, 5) is 21.0. The third kappa shape index (κ3) is 4.60. The summed E-state index contributed by atoms with van der Waals surface area (Å²) in [6, 6.07) is 4.14. The fraction of sp³-hybridized carbons (Fsp3) is 0.722. The van der Waals surface area contributed by atoms with Crippen LogP contribution in [0.5, 0.6) is 0 Å². The molecule has 0 aliphatic carbocycles. The van der Waals surface area contributed by atoms with E-state index in [4.69, 9.17) is 0 Å². The number of unbranched alkanes of at least 4 members (excludes halogenated alkanes) is 1. The number of likely N-dealkylation sites (N-methyl/N-ethyl adjacent to an activating group) is 1. The van der Waals surface area contributed by atoms with Gasteiger partial charge in [0.25, 0.3) is 0 Å². The number of carbonyl (C=O) groups excluding carboxylic acids is 1. The maximum atomic E-state index is 12.1. The molecule has 1 aromatic heterocycles. The quantitative estimate of drug-likeness (QED) is 0.795. The molecular formula is C18H30N6O. The van der Waals surface area contributed by atoms with Crippen molar-refractivity contribution in [2.45, 2.75) is 26.2 Å². The van der Waals surface area contributed by atoms with E-state index in [1.165, 1.54) is 0 Å². The Kier molecular flexibility index (Phi) is 6.07. The summed E-state index contributed by atoms with van der Waals surface area (Å²) in [5.74, 6) is 2.17. The van der Waals surface area contributed by atoms with Gasteiger partial charge in [-0.05, 0) is 25.6 Å². The topological polar surface area (TPSA) is 55.8 Å². The normalized spacial score (nSPS) is 19.4. The van der Waals surface area contributed by atoms with Crippen LogP contribution >= 0.6 is 0 Å². The highest BCUT2D eigenvalue weighted by Crippen LogP contribution is 2.18. The molecule has 0 unspecified atom stereocenters. The van der Waals surface area contributed by atoms with Crippen LogP contribution in [-0.4, -0.2) is 85.3 Å². The first-order valence-electron chi connectivity index (χ1n) is 9.47. The maximum Gasteiger partial charge on any atom is 0.222 e. The van der Waals surface area contributed by atoms with Gasteiger partial charge in [0.15, 0.2) is 11.6 Å². The van der Waals surface area contributed by atoms with Crippen LogP contribution in [0, 0.1) is 0 Å². The van der Waals surface area contributed by atoms with Gasteiger partial charge in [0, 0.05) is 58.8 Å². The fourth-order valence-corrected chi connectivity index (χ4v) is 3.36. The number of hydrogen-bond donors (Lipinski definition) is 0. The molecule has 25 heavy (non-hydrogen) atoms. The van der Waals surface area contributed by atoms with Crippen LogP contribution in [0.2, 0.25) is 0 Å². The SMILES string of the molecule is CCCCC(=O)N1CCN(c2ccc(N3CCN(C)CC3)nn2)CC1. The molecule has 0 radical (unpaired) electrons. The fourth-order valence-electron chi connectivity index (χ4n) is 3.36. The molecule has 2 aliphatic heterocycles. The monoisotopic (exact) mass is 346 g/mol. The Labute approximate surface area is 150 Å². The minimum atomic E-state index is 0.290. The summed E-state index contributed by atoms with van der Waals surface area (Å²) in [5, 5.41) is 8.87. The lowest BCUT2D eigenvalue weighted by atomic mass is 10.2. The highest BCUT2D eigenvalue weighted by molar-refractivity contribution is 5.76. The van der Waals surface area contributed by atoms with E-state index in [-0.39, 0.29) is 5.91 Å². The summed E-state index contributed by atoms with van der Waals surface area (Å²) >= 11 is 0. The van der Waals surface area contributed by atoms with Crippen LogP contribution in [0.3, 0.4) is 0 Å².